The second-order valence-corrected chi connectivity index (χ2v) is 4.43. The maximum Gasteiger partial charge on any atom is 0.307 e. The molecule has 5 heteroatoms. The maximum absolute atomic E-state index is 10.8. The predicted molar refractivity (Wildman–Crippen MR) is 69.8 cm³/mol. The minimum absolute atomic E-state index is 0.0827. The number of halogens is 1. The van der Waals surface area contributed by atoms with Crippen LogP contribution in [0.25, 0.3) is 0 Å². The number of aromatic nitrogens is 1. The highest BCUT2D eigenvalue weighted by molar-refractivity contribution is 9.10. The van der Waals surface area contributed by atoms with Crippen LogP contribution < -0.4 is 4.74 Å². The van der Waals surface area contributed by atoms with Crippen LogP contribution in [0.3, 0.4) is 0 Å². The van der Waals surface area contributed by atoms with Crippen LogP contribution in [0.5, 0.6) is 11.6 Å². The van der Waals surface area contributed by atoms with Gasteiger partial charge in [-0.15, -0.1) is 0 Å². The Balaban J connectivity index is 2.29. The zero-order chi connectivity index (χ0) is 13.0. The molecule has 0 saturated heterocycles. The molecule has 1 aromatic carbocycles. The molecule has 0 aliphatic heterocycles. The van der Waals surface area contributed by atoms with E-state index in [1.54, 1.807) is 36.5 Å². The van der Waals surface area contributed by atoms with Crippen molar-refractivity contribution in [1.29, 1.82) is 0 Å². The van der Waals surface area contributed by atoms with Gasteiger partial charge in [0.2, 0.25) is 5.88 Å². The highest BCUT2D eigenvalue weighted by Crippen LogP contribution is 2.29. The third-order valence-electron chi connectivity index (χ3n) is 2.25. The van der Waals surface area contributed by atoms with Crippen molar-refractivity contribution in [2.45, 2.75) is 6.42 Å². The number of carboxylic acid groups (broad SMARTS) is 1. The molecule has 4 nitrogen and oxygen atoms in total. The fraction of sp³-hybridized carbons (Fsp3) is 0.0769. The van der Waals surface area contributed by atoms with Gasteiger partial charge in [0.05, 0.1) is 10.9 Å². The summed E-state index contributed by atoms with van der Waals surface area (Å²) < 4.78 is 6.34. The Hall–Kier alpha value is -1.88. The van der Waals surface area contributed by atoms with Crippen molar-refractivity contribution in [3.63, 3.8) is 0 Å². The molecule has 0 bridgehead atoms. The Bertz CT molecular complexity index is 572. The van der Waals surface area contributed by atoms with Crippen LogP contribution >= 0.6 is 15.9 Å². The van der Waals surface area contributed by atoms with Gasteiger partial charge in [-0.3, -0.25) is 4.79 Å². The van der Waals surface area contributed by atoms with Crippen molar-refractivity contribution in [3.8, 4) is 11.6 Å². The van der Waals surface area contributed by atoms with E-state index < -0.39 is 5.97 Å². The molecule has 0 fully saturated rings. The first-order chi connectivity index (χ1) is 8.66. The summed E-state index contributed by atoms with van der Waals surface area (Å²) in [6, 6.07) is 10.6. The second kappa shape index (κ2) is 5.64. The summed E-state index contributed by atoms with van der Waals surface area (Å²) in [5, 5.41) is 8.83. The average Bonchev–Trinajstić information content (AvgIpc) is 2.34. The van der Waals surface area contributed by atoms with Gasteiger partial charge in [-0.2, -0.15) is 0 Å². The minimum Gasteiger partial charge on any atom is -0.481 e. The normalized spacial score (nSPS) is 10.1. The van der Waals surface area contributed by atoms with Crippen molar-refractivity contribution >= 4 is 21.9 Å². The van der Waals surface area contributed by atoms with E-state index in [0.29, 0.717) is 17.2 Å². The lowest BCUT2D eigenvalue weighted by atomic mass is 10.1. The van der Waals surface area contributed by atoms with Gasteiger partial charge in [0.25, 0.3) is 0 Å². The van der Waals surface area contributed by atoms with E-state index in [1.165, 1.54) is 0 Å². The van der Waals surface area contributed by atoms with E-state index in [1.807, 2.05) is 6.07 Å². The molecule has 0 amide bonds. The molecule has 1 N–H and O–H groups in total. The molecular weight excluding hydrogens is 298 g/mol. The third kappa shape index (κ3) is 3.07. The van der Waals surface area contributed by atoms with Crippen LogP contribution in [0.4, 0.5) is 0 Å². The summed E-state index contributed by atoms with van der Waals surface area (Å²) in [4.78, 5) is 14.8. The Labute approximate surface area is 112 Å². The highest BCUT2D eigenvalue weighted by Gasteiger charge is 2.10. The van der Waals surface area contributed by atoms with Gasteiger partial charge in [0.1, 0.15) is 5.75 Å². The van der Waals surface area contributed by atoms with Crippen LogP contribution in [0, 0.1) is 0 Å². The number of aliphatic carboxylic acids is 1. The van der Waals surface area contributed by atoms with Gasteiger partial charge >= 0.3 is 5.97 Å². The largest absolute Gasteiger partial charge is 0.481 e. The Morgan fingerprint density at radius 1 is 1.28 bits per heavy atom. The summed E-state index contributed by atoms with van der Waals surface area (Å²) in [7, 11) is 0. The van der Waals surface area contributed by atoms with Crippen molar-refractivity contribution in [1.82, 2.24) is 4.98 Å². The number of benzene rings is 1. The fourth-order valence-corrected chi connectivity index (χ4v) is 1.80. The maximum atomic E-state index is 10.8. The lowest BCUT2D eigenvalue weighted by molar-refractivity contribution is -0.136. The van der Waals surface area contributed by atoms with Crippen LogP contribution in [0.1, 0.15) is 5.56 Å². The zero-order valence-corrected chi connectivity index (χ0v) is 10.9. The predicted octanol–water partition coefficient (Wildman–Crippen LogP) is 3.26. The molecule has 18 heavy (non-hydrogen) atoms. The van der Waals surface area contributed by atoms with Crippen molar-refractivity contribution in [2.75, 3.05) is 0 Å². The van der Waals surface area contributed by atoms with Gasteiger partial charge in [-0.05, 0) is 34.1 Å². The number of para-hydroxylation sites is 1. The number of hydrogen-bond acceptors (Lipinski definition) is 3. The van der Waals surface area contributed by atoms with Gasteiger partial charge < -0.3 is 9.84 Å². The molecule has 0 spiro atoms. The van der Waals surface area contributed by atoms with Gasteiger partial charge in [-0.1, -0.05) is 18.2 Å². The first kappa shape index (κ1) is 12.6. The molecule has 2 rings (SSSR count). The van der Waals surface area contributed by atoms with Crippen LogP contribution in [0.2, 0.25) is 0 Å². The summed E-state index contributed by atoms with van der Waals surface area (Å²) in [6.07, 6.45) is 1.53. The molecule has 0 aliphatic rings. The molecule has 92 valence electrons. The van der Waals surface area contributed by atoms with E-state index in [0.717, 1.165) is 4.47 Å². The first-order valence-electron chi connectivity index (χ1n) is 5.25. The number of hydrogen-bond donors (Lipinski definition) is 1. The molecule has 0 radical (unpaired) electrons. The molecule has 0 saturated carbocycles. The third-order valence-corrected chi connectivity index (χ3v) is 2.85. The molecule has 0 unspecified atom stereocenters. The van der Waals surface area contributed by atoms with E-state index >= 15 is 0 Å². The standard InChI is InChI=1S/C13H10BrNO3/c14-10-5-3-7-15-13(10)18-11-6-2-1-4-9(11)8-12(16)17/h1-7H,8H2,(H,16,17). The van der Waals surface area contributed by atoms with Crippen LogP contribution in [0.15, 0.2) is 47.1 Å². The number of carbonyl (C=O) groups is 1. The smallest absolute Gasteiger partial charge is 0.307 e. The monoisotopic (exact) mass is 307 g/mol. The van der Waals surface area contributed by atoms with E-state index in [-0.39, 0.29) is 6.42 Å². The van der Waals surface area contributed by atoms with Crippen molar-refractivity contribution in [2.24, 2.45) is 0 Å². The summed E-state index contributed by atoms with van der Waals surface area (Å²) >= 11 is 3.33. The SMILES string of the molecule is O=C(O)Cc1ccccc1Oc1ncccc1Br. The summed E-state index contributed by atoms with van der Waals surface area (Å²) in [6.45, 7) is 0. The lowest BCUT2D eigenvalue weighted by Crippen LogP contribution is -2.02. The minimum atomic E-state index is -0.897. The van der Waals surface area contributed by atoms with E-state index in [2.05, 4.69) is 20.9 Å². The molecule has 0 atom stereocenters. The van der Waals surface area contributed by atoms with Crippen molar-refractivity contribution < 1.29 is 14.6 Å². The van der Waals surface area contributed by atoms with Gasteiger partial charge in [-0.25, -0.2) is 4.98 Å². The number of nitrogens with zero attached hydrogens (tertiary/aromatic N) is 1. The molecule has 1 aromatic heterocycles. The van der Waals surface area contributed by atoms with Crippen molar-refractivity contribution in [3.05, 3.63) is 52.6 Å². The lowest BCUT2D eigenvalue weighted by Gasteiger charge is -2.09. The number of ether oxygens (including phenoxy) is 1. The Kier molecular flexibility index (Phi) is 3.94. The van der Waals surface area contributed by atoms with Crippen LogP contribution in [-0.2, 0) is 11.2 Å². The van der Waals surface area contributed by atoms with Gasteiger partial charge in [0, 0.05) is 11.8 Å². The Morgan fingerprint density at radius 2 is 2.06 bits per heavy atom. The van der Waals surface area contributed by atoms with Gasteiger partial charge in [0.15, 0.2) is 0 Å². The summed E-state index contributed by atoms with van der Waals surface area (Å²) in [5.74, 6) is 0.0146. The number of carboxylic acids is 1. The Morgan fingerprint density at radius 3 is 2.78 bits per heavy atom. The summed E-state index contributed by atoms with van der Waals surface area (Å²) in [5.41, 5.74) is 0.613. The number of pyridine rings is 1. The first-order valence-corrected chi connectivity index (χ1v) is 6.04. The molecule has 2 aromatic rings. The van der Waals surface area contributed by atoms with E-state index in [9.17, 15) is 4.79 Å². The fourth-order valence-electron chi connectivity index (χ4n) is 1.46. The molecular formula is C13H10BrNO3. The second-order valence-electron chi connectivity index (χ2n) is 3.57. The molecule has 0 aliphatic carbocycles. The topological polar surface area (TPSA) is 59.4 Å². The number of rotatable bonds is 4. The van der Waals surface area contributed by atoms with Crippen LogP contribution in [-0.4, -0.2) is 16.1 Å². The molecule has 1 heterocycles. The average molecular weight is 308 g/mol. The highest BCUT2D eigenvalue weighted by atomic mass is 79.9. The zero-order valence-electron chi connectivity index (χ0n) is 9.34. The van der Waals surface area contributed by atoms with E-state index in [4.69, 9.17) is 9.84 Å². The quantitative estimate of drug-likeness (QED) is 0.942.